The summed E-state index contributed by atoms with van der Waals surface area (Å²) < 4.78 is 7.68. The van der Waals surface area contributed by atoms with E-state index < -0.39 is 11.8 Å². The van der Waals surface area contributed by atoms with E-state index in [0.717, 1.165) is 6.42 Å². The molecule has 1 saturated heterocycles. The molecule has 2 aliphatic heterocycles. The first-order valence-electron chi connectivity index (χ1n) is 7.32. The standard InChI is InChI=1S/C14H15N5O4/c1-6-2-7(4-20)23-14(6)19-3-8-9-10(15-5-16-11(9)19)18-13(22)12(21)17-8/h3,5-7,14,20H,2,4H2,1H3,(H,17,21)(H,15,16,18,22)/t6-,7-,14+/m0/s1. The van der Waals surface area contributed by atoms with Crippen LogP contribution >= 0.6 is 0 Å². The molecule has 0 unspecified atom stereocenters. The predicted octanol–water partition coefficient (Wildman–Crippen LogP) is 0.238. The van der Waals surface area contributed by atoms with Crippen LogP contribution in [0.2, 0.25) is 0 Å². The van der Waals surface area contributed by atoms with Crippen LogP contribution < -0.4 is 10.6 Å². The summed E-state index contributed by atoms with van der Waals surface area (Å²) in [6, 6.07) is 0. The fourth-order valence-electron chi connectivity index (χ4n) is 3.19. The third-order valence-corrected chi connectivity index (χ3v) is 4.23. The second-order valence-corrected chi connectivity index (χ2v) is 5.82. The summed E-state index contributed by atoms with van der Waals surface area (Å²) in [7, 11) is 0. The molecule has 0 saturated carbocycles. The largest absolute Gasteiger partial charge is 0.394 e. The van der Waals surface area contributed by atoms with Crippen molar-refractivity contribution in [3.05, 3.63) is 12.5 Å². The van der Waals surface area contributed by atoms with Crippen molar-refractivity contribution in [1.82, 2.24) is 14.5 Å². The maximum atomic E-state index is 11.8. The van der Waals surface area contributed by atoms with Crippen LogP contribution in [0.5, 0.6) is 0 Å². The average Bonchev–Trinajstić information content (AvgIpc) is 3.05. The summed E-state index contributed by atoms with van der Waals surface area (Å²) >= 11 is 0. The molecule has 1 fully saturated rings. The quantitative estimate of drug-likeness (QED) is 0.683. The van der Waals surface area contributed by atoms with E-state index in [1.165, 1.54) is 6.33 Å². The summed E-state index contributed by atoms with van der Waals surface area (Å²) in [6.07, 6.45) is 3.23. The fourth-order valence-corrected chi connectivity index (χ4v) is 3.19. The van der Waals surface area contributed by atoms with E-state index in [4.69, 9.17) is 4.74 Å². The molecule has 4 heterocycles. The van der Waals surface area contributed by atoms with E-state index in [9.17, 15) is 14.7 Å². The summed E-state index contributed by atoms with van der Waals surface area (Å²) in [5, 5.41) is 14.9. The second kappa shape index (κ2) is 5.00. The van der Waals surface area contributed by atoms with Crippen molar-refractivity contribution in [3.63, 3.8) is 0 Å². The van der Waals surface area contributed by atoms with Gasteiger partial charge in [-0.05, 0) is 6.42 Å². The first-order valence-corrected chi connectivity index (χ1v) is 7.32. The van der Waals surface area contributed by atoms with Crippen LogP contribution in [0.1, 0.15) is 19.6 Å². The van der Waals surface area contributed by atoms with E-state index in [1.807, 2.05) is 11.5 Å². The van der Waals surface area contributed by atoms with Crippen LogP contribution in [0.3, 0.4) is 0 Å². The Bertz CT molecular complexity index is 817. The van der Waals surface area contributed by atoms with Crippen molar-refractivity contribution in [3.8, 4) is 0 Å². The van der Waals surface area contributed by atoms with Crippen LogP contribution in [0.4, 0.5) is 11.5 Å². The molecule has 0 spiro atoms. The van der Waals surface area contributed by atoms with Crippen LogP contribution in [0, 0.1) is 5.92 Å². The summed E-state index contributed by atoms with van der Waals surface area (Å²) in [5.41, 5.74) is 1.02. The van der Waals surface area contributed by atoms with Crippen LogP contribution in [-0.4, -0.2) is 44.2 Å². The summed E-state index contributed by atoms with van der Waals surface area (Å²) in [4.78, 5) is 31.7. The molecule has 9 heteroatoms. The monoisotopic (exact) mass is 317 g/mol. The smallest absolute Gasteiger partial charge is 0.315 e. The molecular weight excluding hydrogens is 302 g/mol. The first-order chi connectivity index (χ1) is 11.1. The molecule has 3 N–H and O–H groups in total. The van der Waals surface area contributed by atoms with Gasteiger partial charge in [0.2, 0.25) is 0 Å². The molecule has 0 aliphatic carbocycles. The summed E-state index contributed by atoms with van der Waals surface area (Å²) in [6.45, 7) is 1.99. The van der Waals surface area contributed by atoms with Gasteiger partial charge in [0.1, 0.15) is 24.0 Å². The highest BCUT2D eigenvalue weighted by Crippen LogP contribution is 2.40. The number of ether oxygens (including phenoxy) is 1. The van der Waals surface area contributed by atoms with Gasteiger partial charge in [-0.25, -0.2) is 9.97 Å². The zero-order valence-corrected chi connectivity index (χ0v) is 12.3. The number of carbonyl (C=O) groups excluding carboxylic acids is 2. The Morgan fingerprint density at radius 1 is 1.35 bits per heavy atom. The van der Waals surface area contributed by atoms with Gasteiger partial charge in [-0.2, -0.15) is 0 Å². The highest BCUT2D eigenvalue weighted by Gasteiger charge is 2.35. The number of nitrogens with zero attached hydrogens (tertiary/aromatic N) is 3. The van der Waals surface area contributed by atoms with Gasteiger partial charge < -0.3 is 25.0 Å². The second-order valence-electron chi connectivity index (χ2n) is 5.82. The van der Waals surface area contributed by atoms with Gasteiger partial charge in [-0.15, -0.1) is 0 Å². The highest BCUT2D eigenvalue weighted by molar-refractivity contribution is 6.45. The lowest BCUT2D eigenvalue weighted by Crippen LogP contribution is -2.27. The van der Waals surface area contributed by atoms with E-state index in [1.54, 1.807) is 6.20 Å². The van der Waals surface area contributed by atoms with E-state index in [2.05, 4.69) is 20.6 Å². The van der Waals surface area contributed by atoms with Crippen molar-refractivity contribution in [2.24, 2.45) is 5.92 Å². The molecule has 9 nitrogen and oxygen atoms in total. The van der Waals surface area contributed by atoms with Crippen LogP contribution in [-0.2, 0) is 14.3 Å². The molecule has 23 heavy (non-hydrogen) atoms. The molecule has 120 valence electrons. The molecule has 0 aromatic carbocycles. The zero-order chi connectivity index (χ0) is 16.1. The van der Waals surface area contributed by atoms with Crippen molar-refractivity contribution >= 4 is 34.4 Å². The van der Waals surface area contributed by atoms with Gasteiger partial charge in [0.15, 0.2) is 0 Å². The number of aliphatic hydroxyl groups excluding tert-OH is 1. The maximum absolute atomic E-state index is 11.8. The number of hydrogen-bond acceptors (Lipinski definition) is 6. The van der Waals surface area contributed by atoms with E-state index in [-0.39, 0.29) is 30.7 Å². The molecule has 2 aromatic heterocycles. The average molecular weight is 317 g/mol. The molecule has 3 atom stereocenters. The maximum Gasteiger partial charge on any atom is 0.315 e. The Labute approximate surface area is 130 Å². The zero-order valence-electron chi connectivity index (χ0n) is 12.3. The minimum absolute atomic E-state index is 0.0417. The van der Waals surface area contributed by atoms with Gasteiger partial charge in [0, 0.05) is 12.1 Å². The number of hydrogen-bond donors (Lipinski definition) is 3. The number of anilines is 2. The Hall–Kier alpha value is -2.52. The molecule has 2 aromatic rings. The molecule has 2 aliphatic rings. The lowest BCUT2D eigenvalue weighted by atomic mass is 10.1. The van der Waals surface area contributed by atoms with Crippen LogP contribution in [0.15, 0.2) is 12.5 Å². The number of carbonyl (C=O) groups is 2. The minimum Gasteiger partial charge on any atom is -0.394 e. The van der Waals surface area contributed by atoms with Gasteiger partial charge in [-0.3, -0.25) is 9.59 Å². The van der Waals surface area contributed by atoms with Crippen molar-refractivity contribution in [1.29, 1.82) is 0 Å². The Morgan fingerprint density at radius 3 is 2.87 bits per heavy atom. The Kier molecular flexibility index (Phi) is 3.06. The van der Waals surface area contributed by atoms with E-state index in [0.29, 0.717) is 16.7 Å². The number of nitrogens with one attached hydrogen (secondary N) is 2. The number of amides is 2. The highest BCUT2D eigenvalue weighted by atomic mass is 16.5. The molecule has 2 amide bonds. The molecule has 4 rings (SSSR count). The summed E-state index contributed by atoms with van der Waals surface area (Å²) in [5.74, 6) is -1.06. The SMILES string of the molecule is C[C@H]1C[C@@H](CO)O[C@H]1n1cc2c3c(ncnc31)NC(=O)C(=O)N2. The van der Waals surface area contributed by atoms with E-state index >= 15 is 0 Å². The normalized spacial score (nSPS) is 27.0. The topological polar surface area (TPSA) is 118 Å². The van der Waals surface area contributed by atoms with Crippen molar-refractivity contribution in [2.75, 3.05) is 17.2 Å². The fraction of sp³-hybridized carbons (Fsp3) is 0.429. The lowest BCUT2D eigenvalue weighted by Gasteiger charge is -2.18. The van der Waals surface area contributed by atoms with Crippen molar-refractivity contribution in [2.45, 2.75) is 25.7 Å². The van der Waals surface area contributed by atoms with Crippen LogP contribution in [0.25, 0.3) is 11.0 Å². The molecule has 0 radical (unpaired) electrons. The van der Waals surface area contributed by atoms with Gasteiger partial charge in [0.05, 0.1) is 23.8 Å². The first kappa shape index (κ1) is 14.1. The minimum atomic E-state index is -0.765. The van der Waals surface area contributed by atoms with Gasteiger partial charge in [0.25, 0.3) is 0 Å². The number of aliphatic hydroxyl groups is 1. The van der Waals surface area contributed by atoms with Crippen molar-refractivity contribution < 1.29 is 19.4 Å². The molecular formula is C14H15N5O4. The number of rotatable bonds is 2. The molecule has 0 bridgehead atoms. The third-order valence-electron chi connectivity index (χ3n) is 4.23. The van der Waals surface area contributed by atoms with Gasteiger partial charge in [-0.1, -0.05) is 6.92 Å². The third kappa shape index (κ3) is 2.08. The Morgan fingerprint density at radius 2 is 2.13 bits per heavy atom. The number of aromatic nitrogens is 3. The predicted molar refractivity (Wildman–Crippen MR) is 79.6 cm³/mol. The van der Waals surface area contributed by atoms with Gasteiger partial charge >= 0.3 is 11.8 Å². The Balaban J connectivity index is 1.86. The lowest BCUT2D eigenvalue weighted by molar-refractivity contribution is -0.132.